The van der Waals surface area contributed by atoms with E-state index in [-0.39, 0.29) is 17.0 Å². The fourth-order valence-corrected chi connectivity index (χ4v) is 6.37. The maximum atomic E-state index is 12.7. The maximum absolute atomic E-state index is 12.7. The lowest BCUT2D eigenvalue weighted by atomic mass is 9.65. The average molecular weight is 431 g/mol. The molecule has 11 heteroatoms. The number of aromatic amines is 1. The molecule has 1 aliphatic carbocycles. The number of hydrogen-bond donors (Lipinski definition) is 2. The number of rotatable bonds is 2. The molecule has 2 N–H and O–H groups in total. The zero-order valence-electron chi connectivity index (χ0n) is 16.1. The third-order valence-electron chi connectivity index (χ3n) is 6.99. The first-order valence-corrected chi connectivity index (χ1v) is 11.2. The number of nitrogens with zero attached hydrogens (tertiary/aromatic N) is 4. The number of alkyl halides is 3. The van der Waals surface area contributed by atoms with Crippen molar-refractivity contribution in [3.63, 3.8) is 0 Å². The fourth-order valence-electron chi connectivity index (χ4n) is 5.24. The Bertz CT molecular complexity index is 769. The molecule has 4 fully saturated rings. The molecule has 4 aliphatic rings. The van der Waals surface area contributed by atoms with Crippen LogP contribution >= 0.6 is 11.9 Å². The molecule has 0 atom stereocenters. The third-order valence-corrected chi connectivity index (χ3v) is 7.97. The number of aromatic nitrogens is 3. The van der Waals surface area contributed by atoms with E-state index < -0.39 is 12.0 Å². The standard InChI is InChI=1S/C18H25F3N6OS/c19-18(20,21)14-22-13(23-24-14)7-12-1-3-16(4-2-12)8-26(9-16)15(28)27-10-17(11-27)5-6-29-25-17/h12,25H,1-11H2,(H,22,23,24). The molecule has 29 heavy (non-hydrogen) atoms. The lowest BCUT2D eigenvalue weighted by molar-refractivity contribution is -0.144. The first-order chi connectivity index (χ1) is 13.8. The van der Waals surface area contributed by atoms with Gasteiger partial charge in [-0.1, -0.05) is 11.9 Å². The molecule has 4 heterocycles. The smallest absolute Gasteiger partial charge is 0.323 e. The Kier molecular flexibility index (Phi) is 4.54. The van der Waals surface area contributed by atoms with E-state index >= 15 is 0 Å². The van der Waals surface area contributed by atoms with Gasteiger partial charge in [0.2, 0.25) is 0 Å². The number of amides is 2. The summed E-state index contributed by atoms with van der Waals surface area (Å²) in [5.41, 5.74) is 0.350. The van der Waals surface area contributed by atoms with Gasteiger partial charge in [-0.2, -0.15) is 13.2 Å². The van der Waals surface area contributed by atoms with Crippen LogP contribution in [0.1, 0.15) is 43.8 Å². The van der Waals surface area contributed by atoms with E-state index in [9.17, 15) is 18.0 Å². The average Bonchev–Trinajstić information content (AvgIpc) is 3.28. The first kappa shape index (κ1) is 19.5. The second-order valence-electron chi connectivity index (χ2n) is 9.23. The van der Waals surface area contributed by atoms with Crippen molar-refractivity contribution < 1.29 is 18.0 Å². The number of likely N-dealkylation sites (tertiary alicyclic amines) is 2. The summed E-state index contributed by atoms with van der Waals surface area (Å²) >= 11 is 1.75. The molecule has 1 aromatic rings. The van der Waals surface area contributed by atoms with Gasteiger partial charge in [-0.05, 0) is 38.0 Å². The van der Waals surface area contributed by atoms with Crippen molar-refractivity contribution in [2.75, 3.05) is 31.9 Å². The molecule has 1 aromatic heterocycles. The van der Waals surface area contributed by atoms with Gasteiger partial charge in [0.05, 0.1) is 5.54 Å². The number of halogens is 3. The number of nitrogens with one attached hydrogen (secondary N) is 2. The van der Waals surface area contributed by atoms with Gasteiger partial charge in [0, 0.05) is 43.8 Å². The zero-order chi connectivity index (χ0) is 20.3. The van der Waals surface area contributed by atoms with Gasteiger partial charge in [-0.15, -0.1) is 5.10 Å². The van der Waals surface area contributed by atoms with Crippen LogP contribution in [0.15, 0.2) is 0 Å². The Balaban J connectivity index is 1.07. The maximum Gasteiger partial charge on any atom is 0.453 e. The highest BCUT2D eigenvalue weighted by Crippen LogP contribution is 2.47. The topological polar surface area (TPSA) is 77.2 Å². The lowest BCUT2D eigenvalue weighted by Gasteiger charge is -2.57. The van der Waals surface area contributed by atoms with Crippen LogP contribution in [0.25, 0.3) is 0 Å². The zero-order valence-corrected chi connectivity index (χ0v) is 16.9. The highest BCUT2D eigenvalue weighted by molar-refractivity contribution is 7.97. The minimum atomic E-state index is -4.50. The van der Waals surface area contributed by atoms with Gasteiger partial charge in [-0.25, -0.2) is 9.78 Å². The highest BCUT2D eigenvalue weighted by atomic mass is 32.2. The van der Waals surface area contributed by atoms with Gasteiger partial charge in [0.15, 0.2) is 0 Å². The van der Waals surface area contributed by atoms with Crippen LogP contribution in [0.2, 0.25) is 0 Å². The molecule has 160 valence electrons. The lowest BCUT2D eigenvalue weighted by Crippen LogP contribution is -2.71. The van der Waals surface area contributed by atoms with E-state index in [1.165, 1.54) is 0 Å². The van der Waals surface area contributed by atoms with Crippen molar-refractivity contribution in [1.29, 1.82) is 0 Å². The van der Waals surface area contributed by atoms with Crippen LogP contribution < -0.4 is 4.72 Å². The van der Waals surface area contributed by atoms with Crippen molar-refractivity contribution in [2.24, 2.45) is 11.3 Å². The summed E-state index contributed by atoms with van der Waals surface area (Å²) in [5, 5.41) is 5.71. The molecule has 7 nitrogen and oxygen atoms in total. The summed E-state index contributed by atoms with van der Waals surface area (Å²) < 4.78 is 41.3. The molecule has 3 saturated heterocycles. The quantitative estimate of drug-likeness (QED) is 0.706. The summed E-state index contributed by atoms with van der Waals surface area (Å²) in [6.07, 6.45) is 1.07. The molecule has 5 rings (SSSR count). The molecule has 2 spiro atoms. The number of carbonyl (C=O) groups excluding carboxylic acids is 1. The molecule has 0 unspecified atom stereocenters. The minimum Gasteiger partial charge on any atom is -0.323 e. The van der Waals surface area contributed by atoms with Crippen molar-refractivity contribution in [1.82, 2.24) is 29.7 Å². The minimum absolute atomic E-state index is 0.146. The van der Waals surface area contributed by atoms with Crippen molar-refractivity contribution in [2.45, 2.75) is 50.2 Å². The van der Waals surface area contributed by atoms with Crippen molar-refractivity contribution >= 4 is 18.0 Å². The van der Waals surface area contributed by atoms with Crippen LogP contribution in [0.4, 0.5) is 18.0 Å². The third kappa shape index (κ3) is 3.60. The molecule has 0 aromatic carbocycles. The largest absolute Gasteiger partial charge is 0.453 e. The Morgan fingerprint density at radius 2 is 1.83 bits per heavy atom. The van der Waals surface area contributed by atoms with Crippen LogP contribution in [0.3, 0.4) is 0 Å². The van der Waals surface area contributed by atoms with Gasteiger partial charge >= 0.3 is 12.2 Å². The predicted octanol–water partition coefficient (Wildman–Crippen LogP) is 2.67. The molecule has 3 aliphatic heterocycles. The van der Waals surface area contributed by atoms with E-state index in [0.717, 1.165) is 64.0 Å². The molecule has 0 bridgehead atoms. The Hall–Kier alpha value is -1.49. The van der Waals surface area contributed by atoms with E-state index in [1.54, 1.807) is 11.9 Å². The molecule has 1 saturated carbocycles. The molecular formula is C18H25F3N6OS. The van der Waals surface area contributed by atoms with Crippen LogP contribution in [0.5, 0.6) is 0 Å². The summed E-state index contributed by atoms with van der Waals surface area (Å²) in [6, 6.07) is 0.156. The second kappa shape index (κ2) is 6.76. The van der Waals surface area contributed by atoms with Crippen LogP contribution in [-0.4, -0.2) is 68.5 Å². The van der Waals surface area contributed by atoms with Crippen LogP contribution in [0, 0.1) is 11.3 Å². The monoisotopic (exact) mass is 430 g/mol. The van der Waals surface area contributed by atoms with Crippen molar-refractivity contribution in [3.05, 3.63) is 11.6 Å². The number of urea groups is 1. The molecule has 2 amide bonds. The highest BCUT2D eigenvalue weighted by Gasteiger charge is 2.52. The Morgan fingerprint density at radius 3 is 2.41 bits per heavy atom. The summed E-state index contributed by atoms with van der Waals surface area (Å²) in [4.78, 5) is 20.2. The summed E-state index contributed by atoms with van der Waals surface area (Å²) in [6.45, 7) is 3.23. The number of hydrogen-bond acceptors (Lipinski definition) is 5. The number of carbonyl (C=O) groups is 1. The van der Waals surface area contributed by atoms with E-state index in [2.05, 4.69) is 19.9 Å². The Labute approximate surface area is 171 Å². The van der Waals surface area contributed by atoms with Gasteiger partial charge in [0.25, 0.3) is 5.82 Å². The van der Waals surface area contributed by atoms with Crippen LogP contribution in [-0.2, 0) is 12.6 Å². The normalized spacial score (nSPS) is 26.0. The fraction of sp³-hybridized carbons (Fsp3) is 0.833. The second-order valence-corrected chi connectivity index (χ2v) is 10.1. The Morgan fingerprint density at radius 1 is 1.14 bits per heavy atom. The SMILES string of the molecule is O=C(N1CC2(CCC(Cc3nc(C(F)(F)F)n[nH]3)CC2)C1)N1CC2(CCSN2)C1. The van der Waals surface area contributed by atoms with Gasteiger partial charge < -0.3 is 9.80 Å². The van der Waals surface area contributed by atoms with E-state index in [0.29, 0.717) is 18.2 Å². The van der Waals surface area contributed by atoms with Crippen molar-refractivity contribution in [3.8, 4) is 0 Å². The summed E-state index contributed by atoms with van der Waals surface area (Å²) in [7, 11) is 0. The van der Waals surface area contributed by atoms with Gasteiger partial charge in [0.1, 0.15) is 5.82 Å². The predicted molar refractivity (Wildman–Crippen MR) is 101 cm³/mol. The first-order valence-electron chi connectivity index (χ1n) is 10.2. The van der Waals surface area contributed by atoms with E-state index in [1.807, 2.05) is 9.80 Å². The van der Waals surface area contributed by atoms with E-state index in [4.69, 9.17) is 0 Å². The van der Waals surface area contributed by atoms with Gasteiger partial charge in [-0.3, -0.25) is 9.82 Å². The molecular weight excluding hydrogens is 405 g/mol. The summed E-state index contributed by atoms with van der Waals surface area (Å²) in [5.74, 6) is 0.656. The number of H-pyrrole nitrogens is 1. The molecule has 0 radical (unpaired) electrons.